The van der Waals surface area contributed by atoms with Crippen LogP contribution in [-0.2, 0) is 9.59 Å². The lowest BCUT2D eigenvalue weighted by atomic mass is 10.1. The van der Waals surface area contributed by atoms with E-state index in [9.17, 15) is 19.7 Å². The van der Waals surface area contributed by atoms with Crippen LogP contribution in [0.1, 0.15) is 5.56 Å². The first-order valence-electron chi connectivity index (χ1n) is 6.52. The predicted molar refractivity (Wildman–Crippen MR) is 93.5 cm³/mol. The van der Waals surface area contributed by atoms with Crippen LogP contribution in [0.4, 0.5) is 5.69 Å². The second-order valence-electron chi connectivity index (χ2n) is 4.88. The molecule has 0 aromatic heterocycles. The van der Waals surface area contributed by atoms with Gasteiger partial charge in [-0.25, -0.2) is 0 Å². The number of rotatable bonds is 3. The van der Waals surface area contributed by atoms with Crippen molar-refractivity contribution in [1.82, 2.24) is 9.80 Å². The fraction of sp³-hybridized carbons (Fsp3) is 0.214. The lowest BCUT2D eigenvalue weighted by Gasteiger charge is -2.31. The van der Waals surface area contributed by atoms with Gasteiger partial charge in [-0.3, -0.25) is 29.5 Å². The zero-order chi connectivity index (χ0) is 18.2. The number of amides is 2. The van der Waals surface area contributed by atoms with E-state index < -0.39 is 16.7 Å². The smallest absolute Gasteiger partial charge is 0.312 e. The Morgan fingerprint density at radius 3 is 2.25 bits per heavy atom. The summed E-state index contributed by atoms with van der Waals surface area (Å²) in [4.78, 5) is 37.4. The topological polar surface area (TPSA) is 93.0 Å². The summed E-state index contributed by atoms with van der Waals surface area (Å²) < 4.78 is 5.33. The molecule has 8 nitrogen and oxygen atoms in total. The van der Waals surface area contributed by atoms with E-state index in [1.54, 1.807) is 0 Å². The summed E-state index contributed by atoms with van der Waals surface area (Å²) in [7, 11) is 4.21. The van der Waals surface area contributed by atoms with Crippen LogP contribution in [0.5, 0.6) is 5.75 Å². The number of nitro benzene ring substituents is 1. The van der Waals surface area contributed by atoms with Crippen molar-refractivity contribution < 1.29 is 19.2 Å². The Bertz CT molecular complexity index is 782. The number of halogens is 1. The first kappa shape index (κ1) is 18.0. The molecule has 0 N–H and O–H groups in total. The van der Waals surface area contributed by atoms with Gasteiger partial charge in [-0.05, 0) is 45.9 Å². The molecule has 1 saturated heterocycles. The third-order valence-electron chi connectivity index (χ3n) is 3.40. The maximum atomic E-state index is 12.3. The van der Waals surface area contributed by atoms with E-state index in [1.807, 2.05) is 0 Å². The van der Waals surface area contributed by atoms with Gasteiger partial charge in [0.25, 0.3) is 11.8 Å². The quantitative estimate of drug-likeness (QED) is 0.247. The average Bonchev–Trinajstić information content (AvgIpc) is 2.54. The number of hydrogen-bond donors (Lipinski definition) is 0. The molecule has 0 radical (unpaired) electrons. The number of methoxy groups -OCH3 is 1. The van der Waals surface area contributed by atoms with Crippen molar-refractivity contribution in [3.63, 3.8) is 0 Å². The maximum Gasteiger partial charge on any atom is 0.312 e. The van der Waals surface area contributed by atoms with Crippen LogP contribution in [0.15, 0.2) is 22.2 Å². The Balaban J connectivity index is 2.58. The molecule has 0 unspecified atom stereocenters. The third-order valence-corrected chi connectivity index (χ3v) is 4.54. The highest BCUT2D eigenvalue weighted by Gasteiger charge is 2.35. The van der Waals surface area contributed by atoms with Crippen LogP contribution in [0.25, 0.3) is 6.08 Å². The second-order valence-corrected chi connectivity index (χ2v) is 6.10. The summed E-state index contributed by atoms with van der Waals surface area (Å²) in [5, 5.41) is 11.3. The van der Waals surface area contributed by atoms with E-state index in [-0.39, 0.29) is 22.1 Å². The number of carbonyl (C=O) groups is 2. The number of hydrogen-bond acceptors (Lipinski definition) is 6. The monoisotopic (exact) mass is 413 g/mol. The second kappa shape index (κ2) is 6.65. The summed E-state index contributed by atoms with van der Waals surface area (Å²) in [6.45, 7) is 0. The van der Waals surface area contributed by atoms with Crippen molar-refractivity contribution in [3.8, 4) is 5.75 Å². The summed E-state index contributed by atoms with van der Waals surface area (Å²) >= 11 is 8.19. The normalized spacial score (nSPS) is 15.0. The summed E-state index contributed by atoms with van der Waals surface area (Å²) in [5.41, 5.74) is -0.118. The largest absolute Gasteiger partial charge is 0.489 e. The average molecular weight is 414 g/mol. The maximum absolute atomic E-state index is 12.3. The molecule has 1 aromatic carbocycles. The molecule has 1 heterocycles. The molecule has 0 spiro atoms. The molecular formula is C14H12BrN3O5S. The van der Waals surface area contributed by atoms with Gasteiger partial charge in [0.1, 0.15) is 5.57 Å². The van der Waals surface area contributed by atoms with Crippen LogP contribution in [0.3, 0.4) is 0 Å². The molecule has 126 valence electrons. The number of benzene rings is 1. The Kier molecular flexibility index (Phi) is 4.99. The first-order chi connectivity index (χ1) is 11.2. The minimum absolute atomic E-state index is 0.0545. The number of ether oxygens (including phenoxy) is 1. The van der Waals surface area contributed by atoms with E-state index in [4.69, 9.17) is 17.0 Å². The molecule has 0 saturated carbocycles. The van der Waals surface area contributed by atoms with E-state index in [2.05, 4.69) is 15.9 Å². The number of thiocarbonyl (C=S) groups is 1. The van der Waals surface area contributed by atoms with Crippen molar-refractivity contribution in [2.75, 3.05) is 21.2 Å². The van der Waals surface area contributed by atoms with Gasteiger partial charge in [-0.1, -0.05) is 0 Å². The molecule has 1 aliphatic rings. The van der Waals surface area contributed by atoms with Gasteiger partial charge < -0.3 is 4.74 Å². The highest BCUT2D eigenvalue weighted by Crippen LogP contribution is 2.36. The van der Waals surface area contributed by atoms with E-state index >= 15 is 0 Å². The Morgan fingerprint density at radius 2 is 1.79 bits per heavy atom. The lowest BCUT2D eigenvalue weighted by molar-refractivity contribution is -0.385. The SMILES string of the molecule is COc1c(Br)cc(C=C2C(=O)N(C)C(=S)N(C)C2=O)cc1[N+](=O)[O-]. The van der Waals surface area contributed by atoms with E-state index in [1.165, 1.54) is 39.4 Å². The van der Waals surface area contributed by atoms with Gasteiger partial charge in [0.05, 0.1) is 16.5 Å². The van der Waals surface area contributed by atoms with Crippen molar-refractivity contribution in [2.45, 2.75) is 0 Å². The van der Waals surface area contributed by atoms with Gasteiger partial charge in [0.15, 0.2) is 5.11 Å². The molecular weight excluding hydrogens is 402 g/mol. The third kappa shape index (κ3) is 3.02. The summed E-state index contributed by atoms with van der Waals surface area (Å²) in [6.07, 6.45) is 1.29. The summed E-state index contributed by atoms with van der Waals surface area (Å²) in [6, 6.07) is 2.75. The molecule has 24 heavy (non-hydrogen) atoms. The van der Waals surface area contributed by atoms with Crippen molar-refractivity contribution in [2.24, 2.45) is 0 Å². The van der Waals surface area contributed by atoms with Crippen LogP contribution in [0, 0.1) is 10.1 Å². The molecule has 2 rings (SSSR count). The first-order valence-corrected chi connectivity index (χ1v) is 7.72. The molecule has 0 aliphatic carbocycles. The standard InChI is InChI=1S/C14H12BrN3O5S/c1-16-12(19)8(13(20)17(2)14(16)24)4-7-5-9(15)11(23-3)10(6-7)18(21)22/h4-6H,1-3H3. The van der Waals surface area contributed by atoms with Crippen LogP contribution in [-0.4, -0.2) is 52.9 Å². The molecule has 1 aliphatic heterocycles. The molecule has 1 fully saturated rings. The molecule has 1 aromatic rings. The van der Waals surface area contributed by atoms with Crippen LogP contribution >= 0.6 is 28.1 Å². The zero-order valence-corrected chi connectivity index (χ0v) is 15.3. The van der Waals surface area contributed by atoms with Gasteiger partial charge in [0, 0.05) is 20.2 Å². The van der Waals surface area contributed by atoms with Crippen LogP contribution in [0.2, 0.25) is 0 Å². The zero-order valence-electron chi connectivity index (χ0n) is 12.9. The number of carbonyl (C=O) groups excluding carboxylic acids is 2. The lowest BCUT2D eigenvalue weighted by Crippen LogP contribution is -2.52. The molecule has 10 heteroatoms. The Morgan fingerprint density at radius 1 is 1.25 bits per heavy atom. The van der Waals surface area contributed by atoms with Crippen molar-refractivity contribution in [1.29, 1.82) is 0 Å². The van der Waals surface area contributed by atoms with E-state index in [0.717, 1.165) is 9.80 Å². The number of nitrogens with zero attached hydrogens (tertiary/aromatic N) is 3. The minimum atomic E-state index is -0.608. The Labute approximate surface area is 150 Å². The minimum Gasteiger partial charge on any atom is -0.489 e. The summed E-state index contributed by atoms with van der Waals surface area (Å²) in [5.74, 6) is -1.09. The van der Waals surface area contributed by atoms with Gasteiger partial charge in [-0.15, -0.1) is 0 Å². The number of likely N-dealkylation sites (N-methyl/N-ethyl adjacent to an activating group) is 2. The predicted octanol–water partition coefficient (Wildman–Crippen LogP) is 1.96. The fourth-order valence-electron chi connectivity index (χ4n) is 2.16. The molecule has 0 bridgehead atoms. The Hall–Kier alpha value is -2.33. The van der Waals surface area contributed by atoms with Crippen molar-refractivity contribution >= 4 is 56.8 Å². The fourth-order valence-corrected chi connectivity index (χ4v) is 2.96. The van der Waals surface area contributed by atoms with Crippen LogP contribution < -0.4 is 4.74 Å². The van der Waals surface area contributed by atoms with Crippen molar-refractivity contribution in [3.05, 3.63) is 37.9 Å². The van der Waals surface area contributed by atoms with Gasteiger partial charge in [-0.2, -0.15) is 0 Å². The molecule has 2 amide bonds. The highest BCUT2D eigenvalue weighted by molar-refractivity contribution is 9.10. The molecule has 0 atom stereocenters. The van der Waals surface area contributed by atoms with Gasteiger partial charge in [0.2, 0.25) is 5.75 Å². The van der Waals surface area contributed by atoms with E-state index in [0.29, 0.717) is 10.0 Å². The van der Waals surface area contributed by atoms with Gasteiger partial charge >= 0.3 is 5.69 Å². The highest BCUT2D eigenvalue weighted by atomic mass is 79.9. The number of nitro groups is 1.